The van der Waals surface area contributed by atoms with Gasteiger partial charge in [0.15, 0.2) is 17.5 Å². The Kier molecular flexibility index (Phi) is 8.95. The smallest absolute Gasteiger partial charge is 0.193 e. The lowest BCUT2D eigenvalue weighted by atomic mass is 10.1. The predicted octanol–water partition coefficient (Wildman–Crippen LogP) is 2.94. The molecule has 1 aromatic rings. The van der Waals surface area contributed by atoms with E-state index in [9.17, 15) is 0 Å². The van der Waals surface area contributed by atoms with E-state index in [4.69, 9.17) is 9.47 Å². The number of guanidine groups is 1. The molecule has 0 spiro atoms. The lowest BCUT2D eigenvalue weighted by Crippen LogP contribution is -2.39. The van der Waals surface area contributed by atoms with Crippen LogP contribution in [0.3, 0.4) is 0 Å². The van der Waals surface area contributed by atoms with Gasteiger partial charge in [-0.2, -0.15) is 0 Å². The van der Waals surface area contributed by atoms with Gasteiger partial charge in [-0.05, 0) is 37.0 Å². The summed E-state index contributed by atoms with van der Waals surface area (Å²) in [4.78, 5) is 6.51. The van der Waals surface area contributed by atoms with Gasteiger partial charge in [0.1, 0.15) is 0 Å². The number of methoxy groups -OCH3 is 2. The van der Waals surface area contributed by atoms with Crippen molar-refractivity contribution in [2.75, 3.05) is 41.4 Å². The summed E-state index contributed by atoms with van der Waals surface area (Å²) in [5.41, 5.74) is 1.25. The molecule has 1 aromatic carbocycles. The summed E-state index contributed by atoms with van der Waals surface area (Å²) < 4.78 is 10.6. The standard InChI is InChI=1S/C18H31N3O2/c1-6-7-13-21(3)18(19-2)20-12-8-9-15-10-11-16(22-4)17(14-15)23-5/h10-11,14H,6-9,12-13H2,1-5H3,(H,19,20). The molecule has 0 aliphatic heterocycles. The van der Waals surface area contributed by atoms with Crippen molar-refractivity contribution in [1.82, 2.24) is 10.2 Å². The molecule has 1 rings (SSSR count). The minimum Gasteiger partial charge on any atom is -0.493 e. The van der Waals surface area contributed by atoms with Crippen LogP contribution in [0, 0.1) is 0 Å². The second kappa shape index (κ2) is 10.8. The molecule has 0 saturated heterocycles. The molecule has 0 amide bonds. The van der Waals surface area contributed by atoms with E-state index in [0.717, 1.165) is 43.4 Å². The van der Waals surface area contributed by atoms with Crippen LogP contribution in [0.1, 0.15) is 31.7 Å². The van der Waals surface area contributed by atoms with Crippen molar-refractivity contribution in [1.29, 1.82) is 0 Å². The molecule has 130 valence electrons. The molecule has 0 atom stereocenters. The normalized spacial score (nSPS) is 11.3. The molecule has 0 radical (unpaired) electrons. The summed E-state index contributed by atoms with van der Waals surface area (Å²) in [6.07, 6.45) is 4.41. The lowest BCUT2D eigenvalue weighted by molar-refractivity contribution is 0.354. The molecule has 0 saturated carbocycles. The van der Waals surface area contributed by atoms with Crippen LogP contribution >= 0.6 is 0 Å². The van der Waals surface area contributed by atoms with E-state index < -0.39 is 0 Å². The average molecular weight is 321 g/mol. The molecule has 0 aromatic heterocycles. The largest absolute Gasteiger partial charge is 0.493 e. The van der Waals surface area contributed by atoms with Crippen LogP contribution in [0.4, 0.5) is 0 Å². The second-order valence-electron chi connectivity index (χ2n) is 5.54. The summed E-state index contributed by atoms with van der Waals surface area (Å²) in [7, 11) is 7.24. The fourth-order valence-electron chi connectivity index (χ4n) is 2.41. The highest BCUT2D eigenvalue weighted by Gasteiger charge is 2.06. The van der Waals surface area contributed by atoms with E-state index in [1.54, 1.807) is 14.2 Å². The van der Waals surface area contributed by atoms with Crippen molar-refractivity contribution < 1.29 is 9.47 Å². The first-order chi connectivity index (χ1) is 11.2. The zero-order valence-corrected chi connectivity index (χ0v) is 15.2. The third kappa shape index (κ3) is 6.38. The van der Waals surface area contributed by atoms with Crippen LogP contribution in [0.25, 0.3) is 0 Å². The van der Waals surface area contributed by atoms with Crippen molar-refractivity contribution in [3.05, 3.63) is 23.8 Å². The van der Waals surface area contributed by atoms with Crippen LogP contribution in [0.15, 0.2) is 23.2 Å². The van der Waals surface area contributed by atoms with Gasteiger partial charge >= 0.3 is 0 Å². The Morgan fingerprint density at radius 2 is 1.91 bits per heavy atom. The van der Waals surface area contributed by atoms with E-state index in [1.807, 2.05) is 19.2 Å². The number of ether oxygens (including phenoxy) is 2. The molecule has 1 N–H and O–H groups in total. The Balaban J connectivity index is 2.41. The van der Waals surface area contributed by atoms with Crippen LogP contribution in [-0.2, 0) is 6.42 Å². The van der Waals surface area contributed by atoms with Gasteiger partial charge in [-0.1, -0.05) is 19.4 Å². The van der Waals surface area contributed by atoms with Gasteiger partial charge in [0.25, 0.3) is 0 Å². The number of benzene rings is 1. The van der Waals surface area contributed by atoms with Crippen molar-refractivity contribution in [3.63, 3.8) is 0 Å². The van der Waals surface area contributed by atoms with Gasteiger partial charge in [-0.25, -0.2) is 0 Å². The van der Waals surface area contributed by atoms with Crippen molar-refractivity contribution in [2.45, 2.75) is 32.6 Å². The van der Waals surface area contributed by atoms with E-state index in [-0.39, 0.29) is 0 Å². The maximum Gasteiger partial charge on any atom is 0.193 e. The van der Waals surface area contributed by atoms with Crippen LogP contribution in [0.2, 0.25) is 0 Å². The number of nitrogens with zero attached hydrogens (tertiary/aromatic N) is 2. The molecule has 0 unspecified atom stereocenters. The topological polar surface area (TPSA) is 46.1 Å². The quantitative estimate of drug-likeness (QED) is 0.431. The molecule has 0 fully saturated rings. The molecule has 0 aliphatic rings. The van der Waals surface area contributed by atoms with E-state index in [2.05, 4.69) is 35.2 Å². The number of aryl methyl sites for hydroxylation is 1. The van der Waals surface area contributed by atoms with Crippen LogP contribution in [-0.4, -0.2) is 52.3 Å². The van der Waals surface area contributed by atoms with Crippen LogP contribution in [0.5, 0.6) is 11.5 Å². The Morgan fingerprint density at radius 3 is 2.52 bits per heavy atom. The van der Waals surface area contributed by atoms with Gasteiger partial charge < -0.3 is 19.7 Å². The molecule has 23 heavy (non-hydrogen) atoms. The maximum atomic E-state index is 5.34. The molecule has 0 aliphatic carbocycles. The molecule has 0 heterocycles. The van der Waals surface area contributed by atoms with E-state index in [1.165, 1.54) is 18.4 Å². The van der Waals surface area contributed by atoms with Crippen molar-refractivity contribution in [3.8, 4) is 11.5 Å². The molecule has 5 nitrogen and oxygen atoms in total. The fourth-order valence-corrected chi connectivity index (χ4v) is 2.41. The third-order valence-corrected chi connectivity index (χ3v) is 3.79. The summed E-state index contributed by atoms with van der Waals surface area (Å²) in [6, 6.07) is 6.09. The summed E-state index contributed by atoms with van der Waals surface area (Å²) >= 11 is 0. The Morgan fingerprint density at radius 1 is 1.17 bits per heavy atom. The monoisotopic (exact) mass is 321 g/mol. The number of aliphatic imine (C=N–C) groups is 1. The number of unbranched alkanes of at least 4 members (excludes halogenated alkanes) is 1. The highest BCUT2D eigenvalue weighted by molar-refractivity contribution is 5.79. The van der Waals surface area contributed by atoms with Gasteiger partial charge in [0, 0.05) is 27.2 Å². The average Bonchev–Trinajstić information content (AvgIpc) is 2.59. The van der Waals surface area contributed by atoms with Gasteiger partial charge in [-0.3, -0.25) is 4.99 Å². The SMILES string of the molecule is CCCCN(C)C(=NC)NCCCc1ccc(OC)c(OC)c1. The lowest BCUT2D eigenvalue weighted by Gasteiger charge is -2.21. The number of hydrogen-bond acceptors (Lipinski definition) is 3. The third-order valence-electron chi connectivity index (χ3n) is 3.79. The number of rotatable bonds is 9. The molecular formula is C18H31N3O2. The summed E-state index contributed by atoms with van der Waals surface area (Å²) in [5.74, 6) is 2.52. The Bertz CT molecular complexity index is 489. The first-order valence-electron chi connectivity index (χ1n) is 8.28. The highest BCUT2D eigenvalue weighted by atomic mass is 16.5. The molecule has 0 bridgehead atoms. The number of hydrogen-bond donors (Lipinski definition) is 1. The fraction of sp³-hybridized carbons (Fsp3) is 0.611. The number of nitrogens with one attached hydrogen (secondary N) is 1. The Hall–Kier alpha value is -1.91. The van der Waals surface area contributed by atoms with Gasteiger partial charge in [0.2, 0.25) is 0 Å². The molecule has 5 heteroatoms. The van der Waals surface area contributed by atoms with Crippen LogP contribution < -0.4 is 14.8 Å². The second-order valence-corrected chi connectivity index (χ2v) is 5.54. The van der Waals surface area contributed by atoms with Crippen molar-refractivity contribution in [2.24, 2.45) is 4.99 Å². The first-order valence-corrected chi connectivity index (χ1v) is 8.28. The zero-order valence-electron chi connectivity index (χ0n) is 15.2. The minimum absolute atomic E-state index is 0.771. The summed E-state index contributed by atoms with van der Waals surface area (Å²) in [6.45, 7) is 4.14. The highest BCUT2D eigenvalue weighted by Crippen LogP contribution is 2.27. The predicted molar refractivity (Wildman–Crippen MR) is 96.8 cm³/mol. The summed E-state index contributed by atoms with van der Waals surface area (Å²) in [5, 5.41) is 3.42. The molecular weight excluding hydrogens is 290 g/mol. The first kappa shape index (κ1) is 19.1. The maximum absolute atomic E-state index is 5.34. The van der Waals surface area contributed by atoms with Gasteiger partial charge in [-0.15, -0.1) is 0 Å². The van der Waals surface area contributed by atoms with Gasteiger partial charge in [0.05, 0.1) is 14.2 Å². The van der Waals surface area contributed by atoms with E-state index in [0.29, 0.717) is 0 Å². The van der Waals surface area contributed by atoms with Crippen molar-refractivity contribution >= 4 is 5.96 Å². The van der Waals surface area contributed by atoms with E-state index >= 15 is 0 Å². The zero-order chi connectivity index (χ0) is 17.1. The minimum atomic E-state index is 0.771. The Labute approximate surface area is 140 Å².